The first-order valence-corrected chi connectivity index (χ1v) is 30.4. The van der Waals surface area contributed by atoms with E-state index in [0.29, 0.717) is 18.8 Å². The molecule has 3 aromatic carbocycles. The molecule has 5 aliphatic carbocycles. The average Bonchev–Trinajstić information content (AvgIpc) is 4.34. The zero-order valence-electron chi connectivity index (χ0n) is 47.6. The Bertz CT molecular complexity index is 2880. The summed E-state index contributed by atoms with van der Waals surface area (Å²) in [5.41, 5.74) is 4.68. The highest BCUT2D eigenvalue weighted by Crippen LogP contribution is 2.42. The number of halogens is 2. The topological polar surface area (TPSA) is 166 Å². The number of piperazine rings is 1. The standard InChI is InChI=1S/C27H36N2O3.C26H34N4O2S.C6H4F2.C6H8N2/c30-18-20-15-21-7-8-22(17-23(21)16-20)24(31)9-14-29-25(32)27(12-5-6-13-27)28-19-26(29)10-3-1-2-4-11-26;1-3-28-26(11-5-6-12-26)25(32)30(2)14-15-33-22-10-9-19-16-21(17-20(19)18-22)24(31)29-23-8-4-7-13-27-23;7-5-2-1-3-6(8)4-5;1-7-6-4-2-3-5-8-6/h7-8,17-18,20,28H,1-6,9-16,19H2;4,7-10,13,18,21,28H,3,5-6,11-12,14-17H2,1-2H3,(H,27,29,31);1-4H;2-5H,1H3,(H,7,8). The zero-order chi connectivity index (χ0) is 57.2. The van der Waals surface area contributed by atoms with E-state index in [0.717, 1.165) is 157 Å². The lowest BCUT2D eigenvalue weighted by Crippen LogP contribution is -2.72. The molecule has 6 aliphatic rings. The van der Waals surface area contributed by atoms with E-state index in [4.69, 9.17) is 0 Å². The van der Waals surface area contributed by atoms with Gasteiger partial charge >= 0.3 is 0 Å². The third-order valence-electron chi connectivity index (χ3n) is 17.3. The number of hydrogen-bond acceptors (Lipinski definition) is 11. The minimum Gasteiger partial charge on any atom is -0.373 e. The van der Waals surface area contributed by atoms with Crippen LogP contribution in [0.15, 0.2) is 114 Å². The number of thioether (sulfide) groups is 1. The fourth-order valence-corrected chi connectivity index (χ4v) is 13.8. The molecule has 2 aromatic heterocycles. The van der Waals surface area contributed by atoms with Gasteiger partial charge in [-0.1, -0.05) is 94.7 Å². The van der Waals surface area contributed by atoms with E-state index < -0.39 is 17.2 Å². The Morgan fingerprint density at radius 1 is 0.741 bits per heavy atom. The molecule has 4 fully saturated rings. The fraction of sp³-hybridized carbons (Fsp3) is 0.492. The number of nitrogens with one attached hydrogen (secondary N) is 4. The number of carbonyl (C=O) groups excluding carboxylic acids is 5. The second kappa shape index (κ2) is 29.1. The average molecular weight is 1130 g/mol. The van der Waals surface area contributed by atoms with E-state index in [1.54, 1.807) is 24.2 Å². The maximum absolute atomic E-state index is 13.8. The number of aldehydes is 1. The first-order chi connectivity index (χ1) is 39.3. The highest BCUT2D eigenvalue weighted by atomic mass is 32.2. The van der Waals surface area contributed by atoms with E-state index in [-0.39, 0.29) is 46.4 Å². The normalized spacial score (nSPS) is 19.8. The summed E-state index contributed by atoms with van der Waals surface area (Å²) in [5.74, 6) is 1.90. The summed E-state index contributed by atoms with van der Waals surface area (Å²) >= 11 is 1.77. The fourth-order valence-electron chi connectivity index (χ4n) is 12.9. The van der Waals surface area contributed by atoms with Crippen molar-refractivity contribution in [3.05, 3.63) is 149 Å². The van der Waals surface area contributed by atoms with Crippen LogP contribution in [0.3, 0.4) is 0 Å². The zero-order valence-corrected chi connectivity index (χ0v) is 48.4. The third kappa shape index (κ3) is 15.8. The van der Waals surface area contributed by atoms with E-state index >= 15 is 0 Å². The van der Waals surface area contributed by atoms with Crippen LogP contribution in [0.5, 0.6) is 0 Å². The summed E-state index contributed by atoms with van der Waals surface area (Å²) in [6.07, 6.45) is 23.0. The Morgan fingerprint density at radius 2 is 1.36 bits per heavy atom. The second-order valence-corrected chi connectivity index (χ2v) is 23.9. The van der Waals surface area contributed by atoms with Crippen molar-refractivity contribution >= 4 is 53.2 Å². The molecule has 2 atom stereocenters. The van der Waals surface area contributed by atoms with Crippen LogP contribution in [0.2, 0.25) is 0 Å². The van der Waals surface area contributed by atoms with Crippen molar-refractivity contribution in [1.82, 2.24) is 30.4 Å². The lowest BCUT2D eigenvalue weighted by atomic mass is 9.80. The van der Waals surface area contributed by atoms with Gasteiger partial charge in [0.15, 0.2) is 5.78 Å². The number of nitrogens with zero attached hydrogens (tertiary/aromatic N) is 4. The molecule has 11 rings (SSSR count). The van der Waals surface area contributed by atoms with Gasteiger partial charge in [-0.2, -0.15) is 0 Å². The van der Waals surface area contributed by atoms with Crippen LogP contribution in [-0.4, -0.2) is 112 Å². The van der Waals surface area contributed by atoms with Gasteiger partial charge in [-0.05, 0) is 148 Å². The van der Waals surface area contributed by atoms with Crippen molar-refractivity contribution in [2.45, 2.75) is 150 Å². The van der Waals surface area contributed by atoms with Crippen LogP contribution in [0.1, 0.15) is 136 Å². The third-order valence-corrected chi connectivity index (χ3v) is 18.2. The Morgan fingerprint density at radius 3 is 1.98 bits per heavy atom. The van der Waals surface area contributed by atoms with E-state index in [2.05, 4.69) is 61.3 Å². The summed E-state index contributed by atoms with van der Waals surface area (Å²) in [5, 5.41) is 13.0. The molecule has 2 unspecified atom stereocenters. The Balaban J connectivity index is 0.000000167. The summed E-state index contributed by atoms with van der Waals surface area (Å²) in [7, 11) is 3.77. The van der Waals surface area contributed by atoms with Gasteiger partial charge in [0.25, 0.3) is 0 Å². The van der Waals surface area contributed by atoms with Crippen LogP contribution in [0, 0.1) is 23.5 Å². The molecule has 3 heterocycles. The molecule has 5 aromatic rings. The van der Waals surface area contributed by atoms with Crippen molar-refractivity contribution in [2.75, 3.05) is 56.7 Å². The van der Waals surface area contributed by atoms with Crippen molar-refractivity contribution in [2.24, 2.45) is 11.8 Å². The van der Waals surface area contributed by atoms with Gasteiger partial charge in [0.2, 0.25) is 17.7 Å². The van der Waals surface area contributed by atoms with Crippen molar-refractivity contribution in [3.8, 4) is 0 Å². The molecule has 2 spiro atoms. The minimum atomic E-state index is -0.537. The smallest absolute Gasteiger partial charge is 0.243 e. The van der Waals surface area contributed by atoms with Crippen LogP contribution in [0.25, 0.3) is 0 Å². The number of ketones is 1. The van der Waals surface area contributed by atoms with Crippen molar-refractivity contribution in [1.29, 1.82) is 0 Å². The number of carbonyl (C=O) groups is 5. The van der Waals surface area contributed by atoms with Crippen LogP contribution in [0.4, 0.5) is 20.4 Å². The van der Waals surface area contributed by atoms with Crippen molar-refractivity contribution in [3.63, 3.8) is 0 Å². The summed E-state index contributed by atoms with van der Waals surface area (Å²) in [4.78, 5) is 77.3. The molecular formula is C65H82F2N8O5S. The van der Waals surface area contributed by atoms with Crippen LogP contribution >= 0.6 is 11.8 Å². The van der Waals surface area contributed by atoms with Crippen LogP contribution < -0.4 is 21.3 Å². The molecule has 81 heavy (non-hydrogen) atoms. The Hall–Kier alpha value is -6.36. The molecule has 16 heteroatoms. The quantitative estimate of drug-likeness (QED) is 0.0448. The summed E-state index contributed by atoms with van der Waals surface area (Å²) in [6.45, 7) is 5.02. The summed E-state index contributed by atoms with van der Waals surface area (Å²) < 4.78 is 23.9. The number of Topliss-reactive ketones (excluding diaryl/α,β-unsaturated/α-hetero) is 1. The number of anilines is 2. The number of amides is 3. The monoisotopic (exact) mass is 1120 g/mol. The number of benzene rings is 3. The number of hydrogen-bond donors (Lipinski definition) is 4. The van der Waals surface area contributed by atoms with Gasteiger partial charge in [-0.15, -0.1) is 11.8 Å². The number of likely N-dealkylation sites (N-methyl/N-ethyl adjacent to an activating group) is 2. The predicted octanol–water partition coefficient (Wildman–Crippen LogP) is 11.0. The highest BCUT2D eigenvalue weighted by Gasteiger charge is 2.54. The summed E-state index contributed by atoms with van der Waals surface area (Å²) in [6, 6.07) is 28.2. The predicted molar refractivity (Wildman–Crippen MR) is 317 cm³/mol. The van der Waals surface area contributed by atoms with E-state index in [1.165, 1.54) is 52.6 Å². The van der Waals surface area contributed by atoms with Gasteiger partial charge in [0, 0.05) is 86.7 Å². The maximum Gasteiger partial charge on any atom is 0.243 e. The van der Waals surface area contributed by atoms with Gasteiger partial charge in [-0.3, -0.25) is 19.2 Å². The highest BCUT2D eigenvalue weighted by molar-refractivity contribution is 7.99. The molecule has 432 valence electrons. The molecule has 1 saturated heterocycles. The lowest BCUT2D eigenvalue weighted by Gasteiger charge is -2.53. The first-order valence-electron chi connectivity index (χ1n) is 29.4. The molecule has 3 amide bonds. The molecule has 1 aliphatic heterocycles. The first kappa shape index (κ1) is 60.7. The van der Waals surface area contributed by atoms with Crippen LogP contribution in [-0.2, 0) is 44.9 Å². The second-order valence-electron chi connectivity index (χ2n) is 22.7. The number of aromatic nitrogens is 2. The molecule has 0 bridgehead atoms. The number of pyridine rings is 2. The van der Waals surface area contributed by atoms with E-state index in [1.807, 2.05) is 73.6 Å². The number of fused-ring (bicyclic) bond motifs is 2. The SMILES string of the molecule is CCNC1(C(=O)N(C)CCSc2ccc3c(c2)CC(C(=O)Nc2ccccn2)C3)CCCC1.CNc1ccccn1.Fc1cccc(F)c1.O=CC1Cc2ccc(C(=O)CCN3C(=O)C4(CCCC4)NCC34CCCCCC4)cc2C1. The van der Waals surface area contributed by atoms with Gasteiger partial charge in [0.1, 0.15) is 29.6 Å². The Labute approximate surface area is 482 Å². The van der Waals surface area contributed by atoms with Gasteiger partial charge < -0.3 is 35.9 Å². The maximum atomic E-state index is 13.8. The molecule has 4 N–H and O–H groups in total. The largest absolute Gasteiger partial charge is 0.373 e. The van der Waals surface area contributed by atoms with E-state index in [9.17, 15) is 32.8 Å². The van der Waals surface area contributed by atoms with Gasteiger partial charge in [-0.25, -0.2) is 18.7 Å². The Kier molecular flexibility index (Phi) is 21.8. The van der Waals surface area contributed by atoms with Gasteiger partial charge in [0.05, 0.1) is 16.6 Å². The van der Waals surface area contributed by atoms with Crippen molar-refractivity contribution < 1.29 is 32.8 Å². The molecule has 0 radical (unpaired) electrons. The minimum absolute atomic E-state index is 0.0285. The molecule has 3 saturated carbocycles. The lowest BCUT2D eigenvalue weighted by molar-refractivity contribution is -0.152. The molecular weight excluding hydrogens is 1040 g/mol. The molecule has 13 nitrogen and oxygen atoms in total. The number of rotatable bonds is 15.